The molecule has 0 atom stereocenters. The van der Waals surface area contributed by atoms with Crippen LogP contribution in [-0.4, -0.2) is 17.0 Å². The van der Waals surface area contributed by atoms with E-state index in [1.165, 1.54) is 11.3 Å². The second-order valence-electron chi connectivity index (χ2n) is 2.69. The van der Waals surface area contributed by atoms with Gasteiger partial charge >= 0.3 is 0 Å². The lowest BCUT2D eigenvalue weighted by atomic mass is 10.2. The van der Waals surface area contributed by atoms with Gasteiger partial charge in [0.1, 0.15) is 0 Å². The number of rotatable bonds is 1. The number of hydrogen-bond acceptors (Lipinski definition) is 3. The van der Waals surface area contributed by atoms with Crippen LogP contribution >= 0.6 is 0 Å². The van der Waals surface area contributed by atoms with Gasteiger partial charge in [0.25, 0.3) is 0 Å². The minimum Gasteiger partial charge on any atom is -0.260 e. The predicted octanol–water partition coefficient (Wildman–Crippen LogP) is 0.532. The molecule has 1 aromatic rings. The number of aromatic nitrogens is 1. The summed E-state index contributed by atoms with van der Waals surface area (Å²) in [4.78, 5) is 4.28. The molecule has 0 saturated heterocycles. The van der Waals surface area contributed by atoms with Crippen molar-refractivity contribution in [2.24, 2.45) is 0 Å². The number of nitrogens with zero attached hydrogens (tertiary/aromatic N) is 2. The van der Waals surface area contributed by atoms with Crippen molar-refractivity contribution in [1.29, 1.82) is 0 Å². The topological polar surface area (TPSA) is 28.2 Å². The van der Waals surface area contributed by atoms with Gasteiger partial charge in [-0.1, -0.05) is 6.07 Å². The molecule has 2 heterocycles. The summed E-state index contributed by atoms with van der Waals surface area (Å²) < 4.78 is 0. The first-order valence-corrected chi connectivity index (χ1v) is 3.75. The monoisotopic (exact) mass is 149 g/mol. The fraction of sp³-hybridized carbons (Fsp3) is 0.375. The maximum Gasteiger partial charge on any atom is 0.0604 e. The zero-order valence-electron chi connectivity index (χ0n) is 6.54. The summed E-state index contributed by atoms with van der Waals surface area (Å²) in [6.07, 6.45) is 1.85. The van der Waals surface area contributed by atoms with E-state index in [1.807, 2.05) is 19.3 Å². The van der Waals surface area contributed by atoms with Gasteiger partial charge in [-0.2, -0.15) is 0 Å². The van der Waals surface area contributed by atoms with E-state index in [2.05, 4.69) is 21.5 Å². The normalized spacial score (nSPS) is 16.8. The fourth-order valence-electron chi connectivity index (χ4n) is 1.36. The maximum atomic E-state index is 4.28. The Morgan fingerprint density at radius 3 is 3.18 bits per heavy atom. The largest absolute Gasteiger partial charge is 0.260 e. The Kier molecular flexibility index (Phi) is 1.60. The van der Waals surface area contributed by atoms with Crippen LogP contribution in [0.1, 0.15) is 11.3 Å². The molecule has 3 nitrogen and oxygen atoms in total. The van der Waals surface area contributed by atoms with Crippen molar-refractivity contribution < 1.29 is 0 Å². The number of pyridine rings is 1. The fourth-order valence-corrected chi connectivity index (χ4v) is 1.36. The van der Waals surface area contributed by atoms with Crippen LogP contribution in [0.4, 0.5) is 0 Å². The standard InChI is InChI=1S/C8H11N3/c1-9-11-5-7-3-2-4-10-8(7)6-11/h2-4,9H,5-6H2,1H3. The van der Waals surface area contributed by atoms with Crippen LogP contribution in [0, 0.1) is 0 Å². The van der Waals surface area contributed by atoms with Crippen molar-refractivity contribution in [2.45, 2.75) is 13.1 Å². The van der Waals surface area contributed by atoms with Crippen molar-refractivity contribution in [1.82, 2.24) is 15.4 Å². The van der Waals surface area contributed by atoms with Gasteiger partial charge in [0.2, 0.25) is 0 Å². The van der Waals surface area contributed by atoms with Gasteiger partial charge in [0, 0.05) is 12.7 Å². The van der Waals surface area contributed by atoms with Crippen LogP contribution in [0.15, 0.2) is 18.3 Å². The van der Waals surface area contributed by atoms with E-state index >= 15 is 0 Å². The molecule has 2 rings (SSSR count). The number of hydrogen-bond donors (Lipinski definition) is 1. The molecule has 1 aliphatic rings. The summed E-state index contributed by atoms with van der Waals surface area (Å²) in [7, 11) is 1.94. The summed E-state index contributed by atoms with van der Waals surface area (Å²) >= 11 is 0. The lowest BCUT2D eigenvalue weighted by Gasteiger charge is -2.10. The van der Waals surface area contributed by atoms with Crippen LogP contribution in [-0.2, 0) is 13.1 Å². The second kappa shape index (κ2) is 2.60. The smallest absolute Gasteiger partial charge is 0.0604 e. The van der Waals surface area contributed by atoms with Crippen molar-refractivity contribution in [3.8, 4) is 0 Å². The van der Waals surface area contributed by atoms with E-state index in [0.29, 0.717) is 0 Å². The lowest BCUT2D eigenvalue weighted by molar-refractivity contribution is 0.211. The van der Waals surface area contributed by atoms with Gasteiger partial charge in [-0.25, -0.2) is 5.01 Å². The highest BCUT2D eigenvalue weighted by molar-refractivity contribution is 5.22. The van der Waals surface area contributed by atoms with Crippen LogP contribution in [0.2, 0.25) is 0 Å². The van der Waals surface area contributed by atoms with Crippen LogP contribution in [0.5, 0.6) is 0 Å². The molecule has 0 aliphatic carbocycles. The van der Waals surface area contributed by atoms with Gasteiger partial charge in [0.15, 0.2) is 0 Å². The zero-order valence-corrected chi connectivity index (χ0v) is 6.54. The van der Waals surface area contributed by atoms with E-state index in [-0.39, 0.29) is 0 Å². The molecule has 0 spiro atoms. The Labute approximate surface area is 66.0 Å². The lowest BCUT2D eigenvalue weighted by Crippen LogP contribution is -2.29. The third kappa shape index (κ3) is 1.13. The molecule has 0 bridgehead atoms. The van der Waals surface area contributed by atoms with Crippen LogP contribution in [0.25, 0.3) is 0 Å². The number of hydrazine groups is 1. The highest BCUT2D eigenvalue weighted by atomic mass is 15.5. The second-order valence-corrected chi connectivity index (χ2v) is 2.69. The van der Waals surface area contributed by atoms with Gasteiger partial charge in [0.05, 0.1) is 12.2 Å². The average Bonchev–Trinajstić information content (AvgIpc) is 2.46. The minimum atomic E-state index is 0.923. The highest BCUT2D eigenvalue weighted by Gasteiger charge is 2.17. The Morgan fingerprint density at radius 1 is 1.55 bits per heavy atom. The van der Waals surface area contributed by atoms with Gasteiger partial charge < -0.3 is 0 Å². The third-order valence-electron chi connectivity index (χ3n) is 2.00. The number of fused-ring (bicyclic) bond motifs is 1. The van der Waals surface area contributed by atoms with Crippen LogP contribution < -0.4 is 5.43 Å². The summed E-state index contributed by atoms with van der Waals surface area (Å²) in [5, 5.41) is 2.14. The molecule has 1 N–H and O–H groups in total. The first kappa shape index (κ1) is 6.76. The van der Waals surface area contributed by atoms with E-state index < -0.39 is 0 Å². The molecule has 58 valence electrons. The zero-order chi connectivity index (χ0) is 7.68. The molecule has 11 heavy (non-hydrogen) atoms. The molecule has 0 saturated carbocycles. The summed E-state index contributed by atoms with van der Waals surface area (Å²) in [5.74, 6) is 0. The number of nitrogens with one attached hydrogen (secondary N) is 1. The minimum absolute atomic E-state index is 0.923. The molecule has 3 heteroatoms. The van der Waals surface area contributed by atoms with E-state index in [1.54, 1.807) is 0 Å². The highest BCUT2D eigenvalue weighted by Crippen LogP contribution is 2.17. The van der Waals surface area contributed by atoms with E-state index in [0.717, 1.165) is 13.1 Å². The Hall–Kier alpha value is -0.930. The Bertz CT molecular complexity index is 234. The predicted molar refractivity (Wildman–Crippen MR) is 42.5 cm³/mol. The average molecular weight is 149 g/mol. The molecule has 1 aromatic heterocycles. The Morgan fingerprint density at radius 2 is 2.45 bits per heavy atom. The van der Waals surface area contributed by atoms with Gasteiger partial charge in [-0.15, -0.1) is 0 Å². The van der Waals surface area contributed by atoms with Crippen molar-refractivity contribution in [3.05, 3.63) is 29.6 Å². The molecular formula is C8H11N3. The molecule has 0 amide bonds. The summed E-state index contributed by atoms with van der Waals surface area (Å²) in [6, 6.07) is 4.11. The van der Waals surface area contributed by atoms with Gasteiger partial charge in [-0.05, 0) is 18.7 Å². The van der Waals surface area contributed by atoms with Crippen molar-refractivity contribution >= 4 is 0 Å². The molecule has 0 fully saturated rings. The van der Waals surface area contributed by atoms with Crippen molar-refractivity contribution in [2.75, 3.05) is 7.05 Å². The first-order chi connectivity index (χ1) is 5.40. The van der Waals surface area contributed by atoms with E-state index in [4.69, 9.17) is 0 Å². The third-order valence-corrected chi connectivity index (χ3v) is 2.00. The molecule has 0 unspecified atom stereocenters. The summed E-state index contributed by atoms with van der Waals surface area (Å²) in [6.45, 7) is 1.90. The molecule has 0 radical (unpaired) electrons. The Balaban J connectivity index is 2.27. The van der Waals surface area contributed by atoms with Gasteiger partial charge in [-0.3, -0.25) is 10.4 Å². The maximum absolute atomic E-state index is 4.28. The quantitative estimate of drug-likeness (QED) is 0.631. The molecular weight excluding hydrogens is 138 g/mol. The van der Waals surface area contributed by atoms with E-state index in [9.17, 15) is 0 Å². The SMILES string of the molecule is CNN1Cc2cccnc2C1. The molecule has 0 aromatic carbocycles. The van der Waals surface area contributed by atoms with Crippen LogP contribution in [0.3, 0.4) is 0 Å². The summed E-state index contributed by atoms with van der Waals surface area (Å²) in [5.41, 5.74) is 5.64. The first-order valence-electron chi connectivity index (χ1n) is 3.75. The molecule has 1 aliphatic heterocycles. The van der Waals surface area contributed by atoms with Crippen molar-refractivity contribution in [3.63, 3.8) is 0 Å².